The number of rotatable bonds is 4. The van der Waals surface area contributed by atoms with Crippen LogP contribution in [0, 0.1) is 0 Å². The molecule has 0 spiro atoms. The fourth-order valence-electron chi connectivity index (χ4n) is 2.12. The average molecular weight is 273 g/mol. The highest BCUT2D eigenvalue weighted by Crippen LogP contribution is 2.29. The van der Waals surface area contributed by atoms with Crippen molar-refractivity contribution >= 4 is 38.4 Å². The van der Waals surface area contributed by atoms with E-state index in [4.69, 9.17) is 0 Å². The van der Waals surface area contributed by atoms with Gasteiger partial charge in [0.2, 0.25) is 0 Å². The predicted molar refractivity (Wildman–Crippen MR) is 82.8 cm³/mol. The van der Waals surface area contributed by atoms with Crippen molar-refractivity contribution in [1.29, 1.82) is 0 Å². The first-order valence-corrected chi connectivity index (χ1v) is 7.90. The van der Waals surface area contributed by atoms with Crippen LogP contribution in [0.1, 0.15) is 24.3 Å². The molecule has 0 amide bonds. The minimum atomic E-state index is 0.418. The first-order chi connectivity index (χ1) is 8.86. The molecule has 0 saturated carbocycles. The van der Waals surface area contributed by atoms with Crippen LogP contribution in [-0.2, 0) is 0 Å². The lowest BCUT2D eigenvalue weighted by molar-refractivity contribution is 0.764. The van der Waals surface area contributed by atoms with Gasteiger partial charge < -0.3 is 5.32 Å². The lowest BCUT2D eigenvalue weighted by atomic mass is 10.1. The summed E-state index contributed by atoms with van der Waals surface area (Å²) < 4.78 is 1.35. The molecule has 3 heteroatoms. The normalized spacial score (nSPS) is 12.7. The second-order valence-electron chi connectivity index (χ2n) is 4.29. The topological polar surface area (TPSA) is 12.0 Å². The number of fused-ring (bicyclic) bond motifs is 1. The second kappa shape index (κ2) is 5.12. The van der Waals surface area contributed by atoms with Crippen molar-refractivity contribution in [2.75, 3.05) is 5.32 Å². The SMILES string of the molecule is CCC(Nc1ccc2sccc2c1)c1cccs1. The van der Waals surface area contributed by atoms with Crippen LogP contribution in [0.3, 0.4) is 0 Å². The van der Waals surface area contributed by atoms with E-state index in [0.29, 0.717) is 6.04 Å². The fraction of sp³-hybridized carbons (Fsp3) is 0.200. The molecule has 0 aliphatic rings. The van der Waals surface area contributed by atoms with E-state index in [1.165, 1.54) is 20.7 Å². The number of thiophene rings is 2. The lowest BCUT2D eigenvalue weighted by Gasteiger charge is -2.17. The predicted octanol–water partition coefficient (Wildman–Crippen LogP) is 5.53. The van der Waals surface area contributed by atoms with Crippen molar-refractivity contribution in [2.24, 2.45) is 0 Å². The van der Waals surface area contributed by atoms with Crippen molar-refractivity contribution in [1.82, 2.24) is 0 Å². The van der Waals surface area contributed by atoms with E-state index >= 15 is 0 Å². The Hall–Kier alpha value is -1.32. The third kappa shape index (κ3) is 2.28. The van der Waals surface area contributed by atoms with E-state index in [0.717, 1.165) is 6.42 Å². The molecule has 3 rings (SSSR count). The molecule has 0 radical (unpaired) electrons. The molecule has 1 unspecified atom stereocenters. The van der Waals surface area contributed by atoms with Crippen molar-refractivity contribution in [3.05, 3.63) is 52.0 Å². The number of nitrogens with one attached hydrogen (secondary N) is 1. The molecule has 1 nitrogen and oxygen atoms in total. The Kier molecular flexibility index (Phi) is 3.35. The molecular weight excluding hydrogens is 258 g/mol. The van der Waals surface area contributed by atoms with Crippen molar-refractivity contribution < 1.29 is 0 Å². The van der Waals surface area contributed by atoms with E-state index in [1.807, 2.05) is 11.3 Å². The lowest BCUT2D eigenvalue weighted by Crippen LogP contribution is -2.07. The third-order valence-electron chi connectivity index (χ3n) is 3.09. The smallest absolute Gasteiger partial charge is 0.0604 e. The summed E-state index contributed by atoms with van der Waals surface area (Å²) in [7, 11) is 0. The van der Waals surface area contributed by atoms with E-state index in [1.54, 1.807) is 11.3 Å². The highest BCUT2D eigenvalue weighted by atomic mass is 32.1. The highest BCUT2D eigenvalue weighted by Gasteiger charge is 2.10. The molecule has 18 heavy (non-hydrogen) atoms. The van der Waals surface area contributed by atoms with Gasteiger partial charge in [0.05, 0.1) is 6.04 Å². The van der Waals surface area contributed by atoms with Crippen LogP contribution >= 0.6 is 22.7 Å². The summed E-state index contributed by atoms with van der Waals surface area (Å²) in [6.45, 7) is 2.22. The van der Waals surface area contributed by atoms with E-state index in [9.17, 15) is 0 Å². The molecule has 0 fully saturated rings. The third-order valence-corrected chi connectivity index (χ3v) is 4.97. The maximum Gasteiger partial charge on any atom is 0.0604 e. The quantitative estimate of drug-likeness (QED) is 0.659. The molecule has 0 bridgehead atoms. The van der Waals surface area contributed by atoms with Crippen molar-refractivity contribution in [2.45, 2.75) is 19.4 Å². The monoisotopic (exact) mass is 273 g/mol. The zero-order chi connectivity index (χ0) is 12.4. The average Bonchev–Trinajstić information content (AvgIpc) is 3.06. The Morgan fingerprint density at radius 1 is 1.11 bits per heavy atom. The van der Waals surface area contributed by atoms with Crippen LogP contribution in [0.4, 0.5) is 5.69 Å². The maximum absolute atomic E-state index is 3.63. The van der Waals surface area contributed by atoms with Crippen LogP contribution in [-0.4, -0.2) is 0 Å². The summed E-state index contributed by atoms with van der Waals surface area (Å²) in [5.41, 5.74) is 1.21. The minimum Gasteiger partial charge on any atom is -0.377 e. The van der Waals surface area contributed by atoms with Gasteiger partial charge in [0.1, 0.15) is 0 Å². The largest absolute Gasteiger partial charge is 0.377 e. The molecule has 0 aliphatic carbocycles. The van der Waals surface area contributed by atoms with Crippen LogP contribution in [0.5, 0.6) is 0 Å². The van der Waals surface area contributed by atoms with Gasteiger partial charge in [-0.25, -0.2) is 0 Å². The Morgan fingerprint density at radius 3 is 2.83 bits per heavy atom. The fourth-order valence-corrected chi connectivity index (χ4v) is 3.75. The number of hydrogen-bond acceptors (Lipinski definition) is 3. The van der Waals surface area contributed by atoms with Gasteiger partial charge in [0.15, 0.2) is 0 Å². The molecule has 1 N–H and O–H groups in total. The Balaban J connectivity index is 1.86. The van der Waals surface area contributed by atoms with Crippen molar-refractivity contribution in [3.8, 4) is 0 Å². The number of hydrogen-bond donors (Lipinski definition) is 1. The zero-order valence-electron chi connectivity index (χ0n) is 10.2. The summed E-state index contributed by atoms with van der Waals surface area (Å²) >= 11 is 3.61. The molecule has 2 aromatic heterocycles. The van der Waals surface area contributed by atoms with Gasteiger partial charge in [-0.2, -0.15) is 0 Å². The zero-order valence-corrected chi connectivity index (χ0v) is 11.9. The van der Waals surface area contributed by atoms with E-state index in [-0.39, 0.29) is 0 Å². The Bertz CT molecular complexity index is 625. The van der Waals surface area contributed by atoms with E-state index in [2.05, 4.69) is 59.4 Å². The summed E-state index contributed by atoms with van der Waals surface area (Å²) in [6.07, 6.45) is 1.10. The number of benzene rings is 1. The van der Waals surface area contributed by atoms with Gasteiger partial charge in [-0.15, -0.1) is 22.7 Å². The van der Waals surface area contributed by atoms with Crippen LogP contribution < -0.4 is 5.32 Å². The van der Waals surface area contributed by atoms with Gasteiger partial charge in [-0.3, -0.25) is 0 Å². The van der Waals surface area contributed by atoms with Crippen LogP contribution in [0.25, 0.3) is 10.1 Å². The summed E-state index contributed by atoms with van der Waals surface area (Å²) in [5.74, 6) is 0. The Labute approximate surface area is 115 Å². The molecule has 1 aromatic carbocycles. The first kappa shape index (κ1) is 11.8. The summed E-state index contributed by atoms with van der Waals surface area (Å²) in [6, 6.07) is 13.5. The Morgan fingerprint density at radius 2 is 2.06 bits per heavy atom. The molecule has 92 valence electrons. The van der Waals surface area contributed by atoms with Gasteiger partial charge in [-0.05, 0) is 52.9 Å². The summed E-state index contributed by atoms with van der Waals surface area (Å²) in [4.78, 5) is 1.41. The van der Waals surface area contributed by atoms with Gasteiger partial charge >= 0.3 is 0 Å². The summed E-state index contributed by atoms with van der Waals surface area (Å²) in [5, 5.41) is 9.24. The molecular formula is C15H15NS2. The minimum absolute atomic E-state index is 0.418. The van der Waals surface area contributed by atoms with Crippen LogP contribution in [0.15, 0.2) is 47.2 Å². The van der Waals surface area contributed by atoms with Gasteiger partial charge in [-0.1, -0.05) is 13.0 Å². The molecule has 3 aromatic rings. The molecule has 0 aliphatic heterocycles. The molecule has 0 saturated heterocycles. The van der Waals surface area contributed by atoms with Gasteiger partial charge in [0.25, 0.3) is 0 Å². The second-order valence-corrected chi connectivity index (χ2v) is 6.22. The van der Waals surface area contributed by atoms with Gasteiger partial charge in [0, 0.05) is 15.3 Å². The van der Waals surface area contributed by atoms with Crippen molar-refractivity contribution in [3.63, 3.8) is 0 Å². The van der Waals surface area contributed by atoms with E-state index < -0.39 is 0 Å². The first-order valence-electron chi connectivity index (χ1n) is 6.14. The molecule has 1 atom stereocenters. The highest BCUT2D eigenvalue weighted by molar-refractivity contribution is 7.17. The maximum atomic E-state index is 3.63. The van der Waals surface area contributed by atoms with Crippen LogP contribution in [0.2, 0.25) is 0 Å². The number of anilines is 1. The standard InChI is InChI=1S/C15H15NS2/c1-2-13(15-4-3-8-17-15)16-12-5-6-14-11(10-12)7-9-18-14/h3-10,13,16H,2H2,1H3. The molecule has 2 heterocycles.